The van der Waals surface area contributed by atoms with Gasteiger partial charge < -0.3 is 15.4 Å². The van der Waals surface area contributed by atoms with E-state index in [2.05, 4.69) is 22.6 Å². The molecule has 0 unspecified atom stereocenters. The van der Waals surface area contributed by atoms with Crippen molar-refractivity contribution in [2.24, 2.45) is 0 Å². The minimum Gasteiger partial charge on any atom is -0.508 e. The fourth-order valence-electron chi connectivity index (χ4n) is 2.49. The van der Waals surface area contributed by atoms with Crippen LogP contribution in [0.4, 0.5) is 10.1 Å². The van der Waals surface area contributed by atoms with Crippen LogP contribution in [0.15, 0.2) is 46.2 Å². The molecule has 2 rings (SSSR count). The molecule has 0 saturated heterocycles. The van der Waals surface area contributed by atoms with Gasteiger partial charge in [0.05, 0.1) is 15.7 Å². The average Bonchev–Trinajstić information content (AvgIpc) is 2.57. The van der Waals surface area contributed by atoms with Gasteiger partial charge in [0.2, 0.25) is 0 Å². The maximum absolute atomic E-state index is 14.0. The molecule has 0 heterocycles. The predicted molar refractivity (Wildman–Crippen MR) is 136 cm³/mol. The smallest absolute Gasteiger partial charge is 0.118 e. The number of benzene rings is 2. The topological polar surface area (TPSA) is 38.5 Å². The van der Waals surface area contributed by atoms with Crippen molar-refractivity contribution in [1.82, 2.24) is 4.90 Å². The number of anilines is 1. The van der Waals surface area contributed by atoms with Gasteiger partial charge in [-0.1, -0.05) is 17.0 Å². The van der Waals surface area contributed by atoms with Crippen molar-refractivity contribution in [1.29, 1.82) is 0 Å². The highest BCUT2D eigenvalue weighted by molar-refractivity contribution is 14.1. The first-order valence-electron chi connectivity index (χ1n) is 8.76. The number of halogens is 2. The Morgan fingerprint density at radius 3 is 2.17 bits per heavy atom. The Labute approximate surface area is 203 Å². The van der Waals surface area contributed by atoms with E-state index in [1.54, 1.807) is 12.1 Å². The molecule has 0 atom stereocenters. The Kier molecular flexibility index (Phi) is 8.12. The summed E-state index contributed by atoms with van der Waals surface area (Å²) in [5, 5.41) is -4.97. The van der Waals surface area contributed by atoms with Crippen LogP contribution >= 0.6 is 34.4 Å². The lowest BCUT2D eigenvalue weighted by atomic mass is 9.25. The summed E-state index contributed by atoms with van der Waals surface area (Å²) in [7, 11) is 37.2. The Morgan fingerprint density at radius 1 is 1.03 bits per heavy atom. The van der Waals surface area contributed by atoms with Crippen molar-refractivity contribution in [2.45, 2.75) is 32.4 Å². The first-order chi connectivity index (χ1) is 13.6. The summed E-state index contributed by atoms with van der Waals surface area (Å²) in [5.41, 5.74) is 4.62. The molecule has 0 aliphatic carbocycles. The summed E-state index contributed by atoms with van der Waals surface area (Å²) in [5.74, 6) is 0.223. The number of hydrogen-bond acceptors (Lipinski definition) is 4. The second-order valence-electron chi connectivity index (χ2n) is 7.32. The van der Waals surface area contributed by atoms with Gasteiger partial charge in [-0.15, -0.1) is 0 Å². The van der Waals surface area contributed by atoms with E-state index in [1.807, 2.05) is 43.3 Å². The van der Waals surface area contributed by atoms with Gasteiger partial charge in [-0.05, 0) is 78.6 Å². The summed E-state index contributed by atoms with van der Waals surface area (Å²) >= 11 is 3.71. The Bertz CT molecular complexity index is 911. The quantitative estimate of drug-likeness (QED) is 0.329. The normalized spacial score (nSPS) is 12.8. The molecule has 0 aliphatic heterocycles. The summed E-state index contributed by atoms with van der Waals surface area (Å²) in [4.78, 5) is 3.82. The molecule has 30 heavy (non-hydrogen) atoms. The van der Waals surface area contributed by atoms with Crippen LogP contribution in [-0.4, -0.2) is 76.9 Å². The second-order valence-corrected chi connectivity index (χ2v) is 9.65. The minimum atomic E-state index is -3.08. The number of hydrogen-bond donors (Lipinski definition) is 1. The molecule has 12 heteroatoms. The zero-order chi connectivity index (χ0) is 22.9. The van der Waals surface area contributed by atoms with E-state index >= 15 is 0 Å². The van der Waals surface area contributed by atoms with Gasteiger partial charge in [0.1, 0.15) is 37.1 Å². The molecule has 3 nitrogen and oxygen atoms in total. The highest BCUT2D eigenvalue weighted by atomic mass is 127. The van der Waals surface area contributed by atoms with Gasteiger partial charge >= 0.3 is 0 Å². The number of alkyl halides is 1. The van der Waals surface area contributed by atoms with E-state index in [0.717, 1.165) is 18.9 Å². The van der Waals surface area contributed by atoms with Crippen molar-refractivity contribution in [3.8, 4) is 5.75 Å². The molecule has 0 fully saturated rings. The minimum absolute atomic E-state index is 0.223. The molecule has 0 bridgehead atoms. The monoisotopic (exact) mass is 520 g/mol. The molecular formula is C18H16B6FIN2OS. The first kappa shape index (κ1) is 25.7. The first-order valence-corrected chi connectivity index (χ1v) is 10.7. The summed E-state index contributed by atoms with van der Waals surface area (Å²) in [6.07, 6.45) is 0. The van der Waals surface area contributed by atoms with Gasteiger partial charge in [-0.25, -0.2) is 0 Å². The lowest BCUT2D eigenvalue weighted by Gasteiger charge is -2.51. The lowest BCUT2D eigenvalue weighted by Crippen LogP contribution is -2.60. The van der Waals surface area contributed by atoms with Crippen molar-refractivity contribution in [3.63, 3.8) is 0 Å². The van der Waals surface area contributed by atoms with Gasteiger partial charge in [-0.2, -0.15) is 0 Å². The highest BCUT2D eigenvalue weighted by Crippen LogP contribution is 2.42. The summed E-state index contributed by atoms with van der Waals surface area (Å²) < 4.78 is 20.6. The SMILES string of the molecule is [B]C([B])(F)C([B])([B])C([B])([B])Oc1ccc(Sc2ccc(I)cc2N)c(CN(C)C)c1. The van der Waals surface area contributed by atoms with Crippen LogP contribution in [0.3, 0.4) is 0 Å². The maximum atomic E-state index is 14.0. The number of ether oxygens (including phenoxy) is 1. The highest BCUT2D eigenvalue weighted by Gasteiger charge is 2.47. The molecule has 2 N–H and O–H groups in total. The zero-order valence-corrected chi connectivity index (χ0v) is 19.7. The van der Waals surface area contributed by atoms with Crippen molar-refractivity contribution >= 4 is 87.1 Å². The number of nitrogens with zero attached hydrogens (tertiary/aromatic N) is 1. The Hall–Kier alpha value is -0.600. The van der Waals surface area contributed by atoms with Crippen molar-refractivity contribution in [3.05, 3.63) is 45.5 Å². The number of nitrogens with two attached hydrogens (primary N) is 1. The molecule has 0 aliphatic rings. The molecule has 0 saturated carbocycles. The van der Waals surface area contributed by atoms with Crippen LogP contribution in [0, 0.1) is 3.57 Å². The van der Waals surface area contributed by atoms with Gasteiger partial charge in [0.25, 0.3) is 0 Å². The Morgan fingerprint density at radius 2 is 1.63 bits per heavy atom. The fourth-order valence-corrected chi connectivity index (χ4v) is 3.95. The van der Waals surface area contributed by atoms with Crippen LogP contribution in [0.25, 0.3) is 0 Å². The molecule has 2 aromatic rings. The molecule has 0 spiro atoms. The van der Waals surface area contributed by atoms with Gasteiger partial charge in [-0.3, -0.25) is 4.39 Å². The van der Waals surface area contributed by atoms with Gasteiger partial charge in [0, 0.05) is 36.5 Å². The van der Waals surface area contributed by atoms with Crippen LogP contribution in [0.5, 0.6) is 5.75 Å². The average molecular weight is 519 g/mol. The third kappa shape index (κ3) is 6.00. The lowest BCUT2D eigenvalue weighted by molar-refractivity contribution is 0.171. The summed E-state index contributed by atoms with van der Waals surface area (Å²) in [6.45, 7) is 0.573. The molecular weight excluding hydrogens is 503 g/mol. The summed E-state index contributed by atoms with van der Waals surface area (Å²) in [6, 6.07) is 11.0. The standard InChI is InChI=1S/C18H16B6FIN2OS/c1-28(2)9-10-7-12(29-18(23,24)16(19,20)17(21,22)25)4-6-14(10)30-15-5-3-11(26)8-13(15)27/h3-8H,9,27H2,1-2H3. The predicted octanol–water partition coefficient (Wildman–Crippen LogP) is 1.87. The van der Waals surface area contributed by atoms with Crippen LogP contribution in [0.2, 0.25) is 5.21 Å². The maximum Gasteiger partial charge on any atom is 0.118 e. The number of rotatable bonds is 8. The molecule has 0 amide bonds. The fraction of sp³-hybridized carbons (Fsp3) is 0.333. The van der Waals surface area contributed by atoms with E-state index in [0.29, 0.717) is 12.2 Å². The van der Waals surface area contributed by atoms with Crippen molar-refractivity contribution < 1.29 is 9.13 Å². The number of nitrogen functional groups attached to an aromatic ring is 1. The molecule has 142 valence electrons. The second kappa shape index (κ2) is 9.49. The van der Waals surface area contributed by atoms with Crippen molar-refractivity contribution in [2.75, 3.05) is 19.8 Å². The van der Waals surface area contributed by atoms with Crippen LogP contribution < -0.4 is 10.5 Å². The largest absolute Gasteiger partial charge is 0.508 e. The van der Waals surface area contributed by atoms with Crippen LogP contribution in [-0.2, 0) is 6.54 Å². The molecule has 2 aromatic carbocycles. The Balaban J connectivity index is 2.38. The van der Waals surface area contributed by atoms with E-state index in [4.69, 9.17) is 57.5 Å². The van der Waals surface area contributed by atoms with E-state index in [1.165, 1.54) is 11.8 Å². The van der Waals surface area contributed by atoms with Crippen LogP contribution in [0.1, 0.15) is 5.56 Å². The third-order valence-corrected chi connectivity index (χ3v) is 6.16. The zero-order valence-electron chi connectivity index (χ0n) is 16.7. The van der Waals surface area contributed by atoms with E-state index in [9.17, 15) is 4.39 Å². The third-order valence-electron chi connectivity index (χ3n) is 4.28. The molecule has 0 aromatic heterocycles. The van der Waals surface area contributed by atoms with E-state index in [-0.39, 0.29) is 5.75 Å². The van der Waals surface area contributed by atoms with Gasteiger partial charge in [0.15, 0.2) is 0 Å². The van der Waals surface area contributed by atoms with E-state index < -0.39 is 16.1 Å². The molecule has 12 radical (unpaired) electrons.